The molecule has 0 aliphatic heterocycles. The lowest BCUT2D eigenvalue weighted by molar-refractivity contribution is 0.102. The second kappa shape index (κ2) is 6.76. The Morgan fingerprint density at radius 3 is 2.54 bits per heavy atom. The number of rotatable bonds is 5. The predicted molar refractivity (Wildman–Crippen MR) is 89.3 cm³/mol. The minimum Gasteiger partial charge on any atom is -0.504 e. The van der Waals surface area contributed by atoms with Gasteiger partial charge in [0.05, 0.1) is 5.75 Å². The van der Waals surface area contributed by atoms with Crippen molar-refractivity contribution in [3.8, 4) is 23.0 Å². The van der Waals surface area contributed by atoms with E-state index in [0.29, 0.717) is 16.7 Å². The van der Waals surface area contributed by atoms with Gasteiger partial charge in [0, 0.05) is 11.1 Å². The fourth-order valence-electron chi connectivity index (χ4n) is 1.99. The predicted octanol–water partition coefficient (Wildman–Crippen LogP) is 3.43. The highest BCUT2D eigenvalue weighted by Gasteiger charge is 2.13. The maximum Gasteiger partial charge on any atom is 0.277 e. The molecule has 0 saturated carbocycles. The first kappa shape index (κ1) is 16.1. The van der Waals surface area contributed by atoms with Crippen LogP contribution in [0.1, 0.15) is 15.9 Å². The summed E-state index contributed by atoms with van der Waals surface area (Å²) in [6, 6.07) is 11.6. The third-order valence-corrected chi connectivity index (χ3v) is 4.15. The molecule has 0 aliphatic carbocycles. The van der Waals surface area contributed by atoms with Gasteiger partial charge in [-0.05, 0) is 37.3 Å². The molecule has 2 aromatic carbocycles. The van der Waals surface area contributed by atoms with Crippen LogP contribution in [0.5, 0.6) is 11.5 Å². The first-order valence-corrected chi connectivity index (χ1v) is 8.10. The van der Waals surface area contributed by atoms with Crippen molar-refractivity contribution in [1.29, 1.82) is 0 Å². The van der Waals surface area contributed by atoms with E-state index in [4.69, 9.17) is 4.42 Å². The molecule has 0 aliphatic rings. The average molecular weight is 342 g/mol. The Bertz CT molecular complexity index is 875. The minimum absolute atomic E-state index is 0.0831. The van der Waals surface area contributed by atoms with Gasteiger partial charge < -0.3 is 14.6 Å². The highest BCUT2D eigenvalue weighted by Crippen LogP contribution is 2.27. The molecule has 0 radical (unpaired) electrons. The second-order valence-corrected chi connectivity index (χ2v) is 6.08. The van der Waals surface area contributed by atoms with Crippen LogP contribution in [0.4, 0.5) is 0 Å². The van der Waals surface area contributed by atoms with E-state index >= 15 is 0 Å². The first-order valence-electron chi connectivity index (χ1n) is 7.11. The van der Waals surface area contributed by atoms with E-state index in [1.165, 1.54) is 18.2 Å². The Morgan fingerprint density at radius 1 is 1.08 bits per heavy atom. The van der Waals surface area contributed by atoms with Crippen molar-refractivity contribution in [2.24, 2.45) is 0 Å². The van der Waals surface area contributed by atoms with Crippen LogP contribution in [0.2, 0.25) is 0 Å². The number of aromatic nitrogens is 2. The number of aromatic hydroxyl groups is 2. The lowest BCUT2D eigenvalue weighted by Crippen LogP contribution is -2.01. The van der Waals surface area contributed by atoms with Crippen molar-refractivity contribution in [3.05, 3.63) is 53.6 Å². The summed E-state index contributed by atoms with van der Waals surface area (Å²) < 4.78 is 5.54. The second-order valence-electron chi connectivity index (χ2n) is 5.15. The molecule has 24 heavy (non-hydrogen) atoms. The summed E-state index contributed by atoms with van der Waals surface area (Å²) in [6.45, 7) is 1.99. The molecule has 7 heteroatoms. The zero-order chi connectivity index (χ0) is 17.1. The number of ketones is 1. The number of thioether (sulfide) groups is 1. The van der Waals surface area contributed by atoms with Gasteiger partial charge in [0.15, 0.2) is 17.3 Å². The van der Waals surface area contributed by atoms with Crippen LogP contribution < -0.4 is 0 Å². The summed E-state index contributed by atoms with van der Waals surface area (Å²) in [6.07, 6.45) is 0. The third kappa shape index (κ3) is 3.57. The van der Waals surface area contributed by atoms with Crippen LogP contribution in [0.3, 0.4) is 0 Å². The third-order valence-electron chi connectivity index (χ3n) is 3.33. The van der Waals surface area contributed by atoms with Crippen molar-refractivity contribution < 1.29 is 19.4 Å². The SMILES string of the molecule is Cc1ccc(-c2nnc(SCC(=O)c3ccc(O)c(O)c3)o2)cc1. The highest BCUT2D eigenvalue weighted by molar-refractivity contribution is 7.99. The maximum atomic E-state index is 12.1. The molecule has 0 atom stereocenters. The van der Waals surface area contributed by atoms with Crippen molar-refractivity contribution >= 4 is 17.5 Å². The van der Waals surface area contributed by atoms with Gasteiger partial charge in [0.2, 0.25) is 5.89 Å². The standard InChI is InChI=1S/C17H14N2O4S/c1-10-2-4-11(5-3-10)16-18-19-17(23-16)24-9-15(22)12-6-7-13(20)14(21)8-12/h2-8,20-21H,9H2,1H3. The Kier molecular flexibility index (Phi) is 4.52. The number of aryl methyl sites for hydroxylation is 1. The van der Waals surface area contributed by atoms with E-state index < -0.39 is 0 Å². The first-order chi connectivity index (χ1) is 11.5. The van der Waals surface area contributed by atoms with Gasteiger partial charge in [-0.3, -0.25) is 4.79 Å². The van der Waals surface area contributed by atoms with E-state index in [-0.39, 0.29) is 23.0 Å². The van der Waals surface area contributed by atoms with Crippen LogP contribution in [0, 0.1) is 6.92 Å². The number of hydrogen-bond acceptors (Lipinski definition) is 7. The fraction of sp³-hybridized carbons (Fsp3) is 0.118. The molecule has 0 amide bonds. The largest absolute Gasteiger partial charge is 0.504 e. The molecule has 0 spiro atoms. The zero-order valence-corrected chi connectivity index (χ0v) is 13.6. The van der Waals surface area contributed by atoms with Crippen LogP contribution >= 0.6 is 11.8 Å². The van der Waals surface area contributed by atoms with Crippen LogP contribution in [-0.2, 0) is 0 Å². The van der Waals surface area contributed by atoms with Gasteiger partial charge in [-0.25, -0.2) is 0 Å². The van der Waals surface area contributed by atoms with E-state index in [1.807, 2.05) is 31.2 Å². The number of benzene rings is 2. The molecule has 0 fully saturated rings. The van der Waals surface area contributed by atoms with Gasteiger partial charge in [0.1, 0.15) is 0 Å². The lowest BCUT2D eigenvalue weighted by Gasteiger charge is -2.01. The van der Waals surface area contributed by atoms with Gasteiger partial charge >= 0.3 is 0 Å². The van der Waals surface area contributed by atoms with Crippen molar-refractivity contribution in [1.82, 2.24) is 10.2 Å². The Labute approximate surface area is 142 Å². The summed E-state index contributed by atoms with van der Waals surface area (Å²) in [5, 5.41) is 26.9. The number of phenols is 2. The summed E-state index contributed by atoms with van der Waals surface area (Å²) in [5.41, 5.74) is 2.25. The molecule has 1 aromatic heterocycles. The zero-order valence-electron chi connectivity index (χ0n) is 12.8. The Morgan fingerprint density at radius 2 is 1.83 bits per heavy atom. The number of carbonyl (C=O) groups excluding carboxylic acids is 1. The van der Waals surface area contributed by atoms with Gasteiger partial charge in [0.25, 0.3) is 5.22 Å². The Hall–Kier alpha value is -2.80. The molecule has 122 valence electrons. The van der Waals surface area contributed by atoms with Crippen molar-refractivity contribution in [3.63, 3.8) is 0 Å². The van der Waals surface area contributed by atoms with Crippen LogP contribution in [-0.4, -0.2) is 31.9 Å². The number of carbonyl (C=O) groups is 1. The number of hydrogen-bond donors (Lipinski definition) is 2. The number of phenolic OH excluding ortho intramolecular Hbond substituents is 2. The molecule has 3 aromatic rings. The minimum atomic E-state index is -0.328. The quantitative estimate of drug-likeness (QED) is 0.416. The normalized spacial score (nSPS) is 10.7. The molecule has 2 N–H and O–H groups in total. The van der Waals surface area contributed by atoms with E-state index in [9.17, 15) is 15.0 Å². The van der Waals surface area contributed by atoms with Crippen molar-refractivity contribution in [2.75, 3.05) is 5.75 Å². The lowest BCUT2D eigenvalue weighted by atomic mass is 10.1. The van der Waals surface area contributed by atoms with Crippen LogP contribution in [0.25, 0.3) is 11.5 Å². The smallest absolute Gasteiger partial charge is 0.277 e. The fourth-order valence-corrected chi connectivity index (χ4v) is 2.65. The molecule has 0 unspecified atom stereocenters. The van der Waals surface area contributed by atoms with Crippen LogP contribution in [0.15, 0.2) is 52.1 Å². The number of nitrogens with zero attached hydrogens (tertiary/aromatic N) is 2. The average Bonchev–Trinajstić information content (AvgIpc) is 3.05. The van der Waals surface area contributed by atoms with Gasteiger partial charge in [-0.15, -0.1) is 10.2 Å². The molecule has 0 saturated heterocycles. The van der Waals surface area contributed by atoms with Crippen molar-refractivity contribution in [2.45, 2.75) is 12.1 Å². The summed E-state index contributed by atoms with van der Waals surface area (Å²) in [7, 11) is 0. The summed E-state index contributed by atoms with van der Waals surface area (Å²) in [5.74, 6) is -0.332. The van der Waals surface area contributed by atoms with Gasteiger partial charge in [-0.1, -0.05) is 29.5 Å². The Balaban J connectivity index is 1.65. The maximum absolute atomic E-state index is 12.1. The van der Waals surface area contributed by atoms with Gasteiger partial charge in [-0.2, -0.15) is 0 Å². The summed E-state index contributed by atoms with van der Waals surface area (Å²) in [4.78, 5) is 12.1. The molecule has 1 heterocycles. The highest BCUT2D eigenvalue weighted by atomic mass is 32.2. The van der Waals surface area contributed by atoms with E-state index in [2.05, 4.69) is 10.2 Å². The van der Waals surface area contributed by atoms with E-state index in [1.54, 1.807) is 0 Å². The number of Topliss-reactive ketones (excluding diaryl/α,β-unsaturated/α-hetero) is 1. The van der Waals surface area contributed by atoms with E-state index in [0.717, 1.165) is 22.9 Å². The molecular weight excluding hydrogens is 328 g/mol. The molecule has 3 rings (SSSR count). The molecular formula is C17H14N2O4S. The molecule has 0 bridgehead atoms. The topological polar surface area (TPSA) is 96.5 Å². The monoisotopic (exact) mass is 342 g/mol. The molecule has 6 nitrogen and oxygen atoms in total. The summed E-state index contributed by atoms with van der Waals surface area (Å²) >= 11 is 1.12.